The number of para-hydroxylation sites is 1. The molecule has 0 radical (unpaired) electrons. The third kappa shape index (κ3) is 4.74. The first-order valence-electron chi connectivity index (χ1n) is 10.3. The molecule has 3 rings (SSSR count). The average molecular weight is 442 g/mol. The van der Waals surface area contributed by atoms with Crippen molar-refractivity contribution in [3.05, 3.63) is 66.0 Å². The van der Waals surface area contributed by atoms with E-state index >= 15 is 0 Å². The summed E-state index contributed by atoms with van der Waals surface area (Å²) < 4.78 is 20.2. The molecule has 1 saturated heterocycles. The van der Waals surface area contributed by atoms with Crippen LogP contribution in [0.5, 0.6) is 0 Å². The molecule has 0 bridgehead atoms. The van der Waals surface area contributed by atoms with Crippen LogP contribution in [0.1, 0.15) is 38.8 Å². The number of likely N-dealkylation sites (N-methyl/N-ethyl adjacent to an activating group) is 1. The molecule has 0 saturated carbocycles. The number of rotatable bonds is 4. The van der Waals surface area contributed by atoms with Crippen molar-refractivity contribution in [2.45, 2.75) is 44.9 Å². The number of aliphatic carboxylic acids is 1. The van der Waals surface area contributed by atoms with Crippen LogP contribution in [0.3, 0.4) is 0 Å². The fourth-order valence-corrected chi connectivity index (χ4v) is 3.97. The van der Waals surface area contributed by atoms with E-state index in [-0.39, 0.29) is 12.0 Å². The first-order valence-corrected chi connectivity index (χ1v) is 10.3. The molecule has 2 amide bonds. The van der Waals surface area contributed by atoms with Crippen LogP contribution in [0.15, 0.2) is 54.6 Å². The van der Waals surface area contributed by atoms with Crippen LogP contribution in [-0.2, 0) is 14.3 Å². The maximum atomic E-state index is 14.7. The van der Waals surface area contributed by atoms with E-state index in [0.717, 1.165) is 4.90 Å². The van der Waals surface area contributed by atoms with Crippen molar-refractivity contribution in [3.8, 4) is 0 Å². The Labute approximate surface area is 186 Å². The highest BCUT2D eigenvalue weighted by atomic mass is 19.1. The summed E-state index contributed by atoms with van der Waals surface area (Å²) in [4.78, 5) is 41.2. The van der Waals surface area contributed by atoms with Gasteiger partial charge in [-0.15, -0.1) is 0 Å². The average Bonchev–Trinajstić information content (AvgIpc) is 3.13. The van der Waals surface area contributed by atoms with E-state index < -0.39 is 47.4 Å². The van der Waals surface area contributed by atoms with Crippen LogP contribution < -0.4 is 4.90 Å². The number of benzene rings is 2. The SMILES string of the molecule is CN(C(=O)C1CC(C(=O)O)C(c2ccccc2F)N1C(=O)OC(C)(C)C)c1ccccc1. The van der Waals surface area contributed by atoms with Gasteiger partial charge in [0.2, 0.25) is 5.91 Å². The number of hydrogen-bond acceptors (Lipinski definition) is 4. The number of carbonyl (C=O) groups is 3. The second-order valence-electron chi connectivity index (χ2n) is 8.78. The van der Waals surface area contributed by atoms with Gasteiger partial charge in [0.15, 0.2) is 0 Å². The van der Waals surface area contributed by atoms with Crippen molar-refractivity contribution < 1.29 is 28.6 Å². The highest BCUT2D eigenvalue weighted by molar-refractivity contribution is 5.99. The lowest BCUT2D eigenvalue weighted by atomic mass is 9.93. The van der Waals surface area contributed by atoms with Gasteiger partial charge < -0.3 is 14.7 Å². The zero-order chi connectivity index (χ0) is 23.6. The van der Waals surface area contributed by atoms with Crippen molar-refractivity contribution in [2.24, 2.45) is 5.92 Å². The molecule has 1 N–H and O–H groups in total. The fourth-order valence-electron chi connectivity index (χ4n) is 3.97. The van der Waals surface area contributed by atoms with E-state index in [2.05, 4.69) is 0 Å². The smallest absolute Gasteiger partial charge is 0.411 e. The lowest BCUT2D eigenvalue weighted by Gasteiger charge is -2.34. The lowest BCUT2D eigenvalue weighted by molar-refractivity contribution is -0.142. The highest BCUT2D eigenvalue weighted by Gasteiger charge is 2.53. The van der Waals surface area contributed by atoms with Gasteiger partial charge in [-0.25, -0.2) is 9.18 Å². The van der Waals surface area contributed by atoms with Crippen LogP contribution in [-0.4, -0.2) is 46.7 Å². The minimum absolute atomic E-state index is 0.0309. The van der Waals surface area contributed by atoms with Gasteiger partial charge in [-0.3, -0.25) is 14.5 Å². The fraction of sp³-hybridized carbons (Fsp3) is 0.375. The van der Waals surface area contributed by atoms with E-state index in [1.54, 1.807) is 64.2 Å². The zero-order valence-electron chi connectivity index (χ0n) is 18.5. The molecular formula is C24H27FN2O5. The molecule has 2 aromatic rings. The number of hydrogen-bond donors (Lipinski definition) is 1. The largest absolute Gasteiger partial charge is 0.481 e. The summed E-state index contributed by atoms with van der Waals surface area (Å²) in [6, 6.07) is 12.1. The van der Waals surface area contributed by atoms with Gasteiger partial charge in [0.25, 0.3) is 0 Å². The van der Waals surface area contributed by atoms with Crippen LogP contribution in [0.25, 0.3) is 0 Å². The molecule has 3 atom stereocenters. The summed E-state index contributed by atoms with van der Waals surface area (Å²) in [6.45, 7) is 5.00. The molecule has 1 fully saturated rings. The number of anilines is 1. The molecule has 32 heavy (non-hydrogen) atoms. The van der Waals surface area contributed by atoms with Crippen molar-refractivity contribution >= 4 is 23.7 Å². The molecule has 8 heteroatoms. The second kappa shape index (κ2) is 8.98. The Morgan fingerprint density at radius 1 is 1.06 bits per heavy atom. The summed E-state index contributed by atoms with van der Waals surface area (Å²) in [5.74, 6) is -3.53. The van der Waals surface area contributed by atoms with Crippen molar-refractivity contribution in [1.82, 2.24) is 4.90 Å². The van der Waals surface area contributed by atoms with Gasteiger partial charge in [-0.2, -0.15) is 0 Å². The molecule has 2 aromatic carbocycles. The first kappa shape index (κ1) is 23.2. The van der Waals surface area contributed by atoms with Gasteiger partial charge in [0, 0.05) is 18.3 Å². The van der Waals surface area contributed by atoms with Crippen molar-refractivity contribution in [2.75, 3.05) is 11.9 Å². The highest BCUT2D eigenvalue weighted by Crippen LogP contribution is 2.43. The number of likely N-dealkylation sites (tertiary alicyclic amines) is 1. The first-order chi connectivity index (χ1) is 15.0. The van der Waals surface area contributed by atoms with Crippen molar-refractivity contribution in [3.63, 3.8) is 0 Å². The third-order valence-electron chi connectivity index (χ3n) is 5.40. The monoisotopic (exact) mass is 442 g/mol. The Morgan fingerprint density at radius 2 is 1.66 bits per heavy atom. The van der Waals surface area contributed by atoms with Gasteiger partial charge in [-0.05, 0) is 45.4 Å². The molecule has 1 heterocycles. The Balaban J connectivity index is 2.08. The number of carboxylic acids is 1. The quantitative estimate of drug-likeness (QED) is 0.765. The number of carboxylic acid groups (broad SMARTS) is 1. The van der Waals surface area contributed by atoms with Crippen LogP contribution in [0, 0.1) is 11.7 Å². The predicted molar refractivity (Wildman–Crippen MR) is 117 cm³/mol. The maximum Gasteiger partial charge on any atom is 0.411 e. The Hall–Kier alpha value is -3.42. The summed E-state index contributed by atoms with van der Waals surface area (Å²) in [7, 11) is 1.55. The minimum Gasteiger partial charge on any atom is -0.481 e. The topological polar surface area (TPSA) is 87.2 Å². The van der Waals surface area contributed by atoms with Gasteiger partial charge >= 0.3 is 12.1 Å². The number of nitrogens with zero attached hydrogens (tertiary/aromatic N) is 2. The van der Waals surface area contributed by atoms with Crippen LogP contribution in [0.2, 0.25) is 0 Å². The third-order valence-corrected chi connectivity index (χ3v) is 5.40. The Morgan fingerprint density at radius 3 is 2.22 bits per heavy atom. The molecule has 0 aromatic heterocycles. The Bertz CT molecular complexity index is 1000. The van der Waals surface area contributed by atoms with Gasteiger partial charge in [0.1, 0.15) is 17.5 Å². The number of amides is 2. The minimum atomic E-state index is -1.22. The van der Waals surface area contributed by atoms with E-state index in [0.29, 0.717) is 5.69 Å². The molecule has 170 valence electrons. The lowest BCUT2D eigenvalue weighted by Crippen LogP contribution is -2.49. The molecule has 7 nitrogen and oxygen atoms in total. The Kier molecular flexibility index (Phi) is 6.52. The van der Waals surface area contributed by atoms with E-state index in [1.807, 2.05) is 0 Å². The normalized spacial score (nSPS) is 20.7. The zero-order valence-corrected chi connectivity index (χ0v) is 18.5. The molecule has 3 unspecified atom stereocenters. The summed E-state index contributed by atoms with van der Waals surface area (Å²) in [5.41, 5.74) is -0.275. The maximum absolute atomic E-state index is 14.7. The standard InChI is InChI=1S/C24H27FN2O5/c1-24(2,3)32-23(31)27-19(21(28)26(4)15-10-6-5-7-11-15)14-17(22(29)30)20(27)16-12-8-9-13-18(16)25/h5-13,17,19-20H,14H2,1-4H3,(H,29,30). The second-order valence-corrected chi connectivity index (χ2v) is 8.78. The van der Waals surface area contributed by atoms with E-state index in [4.69, 9.17) is 4.74 Å². The number of halogens is 1. The van der Waals surface area contributed by atoms with Crippen molar-refractivity contribution in [1.29, 1.82) is 0 Å². The predicted octanol–water partition coefficient (Wildman–Crippen LogP) is 4.24. The van der Waals surface area contributed by atoms with Gasteiger partial charge in [0.05, 0.1) is 12.0 Å². The summed E-state index contributed by atoms with van der Waals surface area (Å²) >= 11 is 0. The van der Waals surface area contributed by atoms with E-state index in [9.17, 15) is 23.9 Å². The molecular weight excluding hydrogens is 415 g/mol. The summed E-state index contributed by atoms with van der Waals surface area (Å²) in [5, 5.41) is 9.90. The number of carbonyl (C=O) groups excluding carboxylic acids is 2. The van der Waals surface area contributed by atoms with Crippen LogP contribution in [0.4, 0.5) is 14.9 Å². The molecule has 1 aliphatic heterocycles. The number of ether oxygens (including phenoxy) is 1. The van der Waals surface area contributed by atoms with E-state index in [1.165, 1.54) is 23.1 Å². The van der Waals surface area contributed by atoms with Crippen LogP contribution >= 0.6 is 0 Å². The summed E-state index contributed by atoms with van der Waals surface area (Å²) in [6.07, 6.45) is -1.03. The molecule has 0 spiro atoms. The van der Waals surface area contributed by atoms with Gasteiger partial charge in [-0.1, -0.05) is 36.4 Å². The molecule has 0 aliphatic carbocycles. The molecule has 1 aliphatic rings.